The van der Waals surface area contributed by atoms with Gasteiger partial charge >= 0.3 is 0 Å². The monoisotopic (exact) mass is 540 g/mol. The normalized spacial score (nSPS) is 20.4. The Bertz CT molecular complexity index is 1780. The number of hydrogen-bond acceptors (Lipinski definition) is 3. The predicted octanol–water partition coefficient (Wildman–Crippen LogP) is 8.40. The van der Waals surface area contributed by atoms with Gasteiger partial charge in [0, 0.05) is 34.1 Å². The SMILES string of the molecule is C=CC1=NC2C(=C)[n+]3cc(C)c(CC(C)C)cc3/C(c3oc4ccccc4c3C)=C(/N=C)CCC2c2ccccc21. The molecule has 0 spiro atoms. The fraction of sp³-hybridized carbons (Fsp3) is 0.270. The quantitative estimate of drug-likeness (QED) is 0.185. The summed E-state index contributed by atoms with van der Waals surface area (Å²) >= 11 is 0. The number of aromatic nitrogens is 1. The second kappa shape index (κ2) is 10.6. The Hall–Kier alpha value is -4.31. The lowest BCUT2D eigenvalue weighted by Gasteiger charge is -2.30. The first-order valence-electron chi connectivity index (χ1n) is 14.5. The van der Waals surface area contributed by atoms with Crippen molar-refractivity contribution in [3.05, 3.63) is 125 Å². The van der Waals surface area contributed by atoms with E-state index in [0.717, 1.165) is 75.5 Å². The van der Waals surface area contributed by atoms with Crippen LogP contribution in [0, 0.1) is 19.8 Å². The molecule has 0 saturated heterocycles. The number of aliphatic imine (C=N–C) groups is 2. The molecular weight excluding hydrogens is 502 g/mol. The number of benzene rings is 2. The van der Waals surface area contributed by atoms with Crippen LogP contribution in [0.25, 0.3) is 22.2 Å². The van der Waals surface area contributed by atoms with Gasteiger partial charge in [0.25, 0.3) is 0 Å². The van der Waals surface area contributed by atoms with Crippen molar-refractivity contribution in [1.82, 2.24) is 0 Å². The molecular formula is C37H38N3O+. The van der Waals surface area contributed by atoms with Gasteiger partial charge in [0.1, 0.15) is 23.0 Å². The molecule has 4 nitrogen and oxygen atoms in total. The van der Waals surface area contributed by atoms with Crippen LogP contribution in [-0.4, -0.2) is 18.5 Å². The van der Waals surface area contributed by atoms with Crippen molar-refractivity contribution in [3.63, 3.8) is 0 Å². The molecule has 2 aromatic heterocycles. The summed E-state index contributed by atoms with van der Waals surface area (Å²) < 4.78 is 8.87. The van der Waals surface area contributed by atoms with E-state index in [1.807, 2.05) is 18.2 Å². The number of pyridine rings is 1. The average molecular weight is 541 g/mol. The van der Waals surface area contributed by atoms with Crippen molar-refractivity contribution in [3.8, 4) is 0 Å². The summed E-state index contributed by atoms with van der Waals surface area (Å²) in [5, 5.41) is 1.11. The minimum Gasteiger partial charge on any atom is -0.455 e. The molecule has 2 aliphatic heterocycles. The molecule has 206 valence electrons. The van der Waals surface area contributed by atoms with Gasteiger partial charge in [0.05, 0.1) is 11.4 Å². The van der Waals surface area contributed by atoms with Crippen LogP contribution < -0.4 is 4.57 Å². The fourth-order valence-corrected chi connectivity index (χ4v) is 6.63. The van der Waals surface area contributed by atoms with E-state index >= 15 is 0 Å². The lowest BCUT2D eigenvalue weighted by Crippen LogP contribution is -2.44. The summed E-state index contributed by atoms with van der Waals surface area (Å²) in [6.45, 7) is 21.8. The number of fused-ring (bicyclic) bond motifs is 5. The number of allylic oxidation sites excluding steroid dienone is 2. The molecule has 0 N–H and O–H groups in total. The predicted molar refractivity (Wildman–Crippen MR) is 171 cm³/mol. The fourth-order valence-electron chi connectivity index (χ4n) is 6.63. The number of para-hydroxylation sites is 1. The summed E-state index contributed by atoms with van der Waals surface area (Å²) in [7, 11) is 0. The summed E-state index contributed by atoms with van der Waals surface area (Å²) in [4.78, 5) is 9.97. The Morgan fingerprint density at radius 1 is 1.12 bits per heavy atom. The van der Waals surface area contributed by atoms with E-state index in [4.69, 9.17) is 21.0 Å². The largest absolute Gasteiger partial charge is 0.455 e. The van der Waals surface area contributed by atoms with Crippen LogP contribution in [0.3, 0.4) is 0 Å². The van der Waals surface area contributed by atoms with Gasteiger partial charge in [-0.2, -0.15) is 4.57 Å². The van der Waals surface area contributed by atoms with Crippen molar-refractivity contribution >= 4 is 34.7 Å². The average Bonchev–Trinajstić information content (AvgIpc) is 3.32. The van der Waals surface area contributed by atoms with Gasteiger partial charge in [0.2, 0.25) is 11.4 Å². The van der Waals surface area contributed by atoms with Crippen molar-refractivity contribution in [2.75, 3.05) is 0 Å². The molecule has 4 heterocycles. The minimum atomic E-state index is -0.140. The Kier molecular flexibility index (Phi) is 6.94. The molecule has 0 aliphatic carbocycles. The van der Waals surface area contributed by atoms with Crippen LogP contribution in [0.15, 0.2) is 100 Å². The molecule has 0 radical (unpaired) electrons. The van der Waals surface area contributed by atoms with Gasteiger partial charge in [-0.25, -0.2) is 0 Å². The molecule has 0 saturated carbocycles. The molecule has 4 aromatic rings. The third-order valence-corrected chi connectivity index (χ3v) is 8.67. The summed E-state index contributed by atoms with van der Waals surface area (Å²) in [5.41, 5.74) is 11.8. The minimum absolute atomic E-state index is 0.140. The van der Waals surface area contributed by atoms with Gasteiger partial charge in [-0.15, -0.1) is 0 Å². The summed E-state index contributed by atoms with van der Waals surface area (Å²) in [6.07, 6.45) is 6.69. The van der Waals surface area contributed by atoms with Crippen molar-refractivity contribution in [1.29, 1.82) is 0 Å². The number of hydrogen-bond donors (Lipinski definition) is 0. The van der Waals surface area contributed by atoms with Gasteiger partial charge in [-0.05, 0) is 75.6 Å². The highest BCUT2D eigenvalue weighted by atomic mass is 16.3. The lowest BCUT2D eigenvalue weighted by atomic mass is 9.80. The van der Waals surface area contributed by atoms with E-state index in [-0.39, 0.29) is 12.0 Å². The third-order valence-electron chi connectivity index (χ3n) is 8.67. The molecule has 6 rings (SSSR count). The van der Waals surface area contributed by atoms with E-state index in [2.05, 4.69) is 94.2 Å². The maximum Gasteiger partial charge on any atom is 0.224 e. The zero-order valence-corrected chi connectivity index (χ0v) is 24.6. The van der Waals surface area contributed by atoms with Crippen molar-refractivity contribution in [2.24, 2.45) is 15.9 Å². The van der Waals surface area contributed by atoms with Crippen molar-refractivity contribution in [2.45, 2.75) is 58.9 Å². The second-order valence-electron chi connectivity index (χ2n) is 11.8. The number of rotatable bonds is 5. The highest BCUT2D eigenvalue weighted by Crippen LogP contribution is 2.43. The molecule has 2 aromatic carbocycles. The van der Waals surface area contributed by atoms with Crippen LogP contribution >= 0.6 is 0 Å². The van der Waals surface area contributed by atoms with E-state index < -0.39 is 0 Å². The molecule has 0 amide bonds. The van der Waals surface area contributed by atoms with E-state index in [9.17, 15) is 0 Å². The maximum absolute atomic E-state index is 6.63. The Balaban J connectivity index is 1.67. The lowest BCUT2D eigenvalue weighted by molar-refractivity contribution is -0.587. The number of nitrogens with zero attached hydrogens (tertiary/aromatic N) is 3. The van der Waals surface area contributed by atoms with Crippen LogP contribution in [-0.2, 0) is 6.42 Å². The zero-order chi connectivity index (χ0) is 28.8. The van der Waals surface area contributed by atoms with Gasteiger partial charge < -0.3 is 4.42 Å². The van der Waals surface area contributed by atoms with Gasteiger partial charge in [-0.3, -0.25) is 9.98 Å². The Morgan fingerprint density at radius 3 is 2.61 bits per heavy atom. The summed E-state index contributed by atoms with van der Waals surface area (Å²) in [6, 6.07) is 19.0. The molecule has 4 heteroatoms. The second-order valence-corrected chi connectivity index (χ2v) is 11.8. The highest BCUT2D eigenvalue weighted by molar-refractivity contribution is 6.10. The molecule has 0 fully saturated rings. The smallest absolute Gasteiger partial charge is 0.224 e. The van der Waals surface area contributed by atoms with Gasteiger partial charge in [-0.1, -0.05) is 62.9 Å². The first-order valence-corrected chi connectivity index (χ1v) is 14.5. The maximum atomic E-state index is 6.63. The Morgan fingerprint density at radius 2 is 1.88 bits per heavy atom. The molecule has 41 heavy (non-hydrogen) atoms. The van der Waals surface area contributed by atoms with E-state index in [1.54, 1.807) is 0 Å². The molecule has 2 unspecified atom stereocenters. The Labute approximate surface area is 243 Å². The van der Waals surface area contributed by atoms with E-state index in [0.29, 0.717) is 5.92 Å². The van der Waals surface area contributed by atoms with Crippen LogP contribution in [0.1, 0.15) is 71.9 Å². The molecule has 2 atom stereocenters. The first-order chi connectivity index (χ1) is 19.8. The van der Waals surface area contributed by atoms with Crippen LogP contribution in [0.5, 0.6) is 0 Å². The third kappa shape index (κ3) is 4.52. The van der Waals surface area contributed by atoms with Crippen LogP contribution in [0.4, 0.5) is 0 Å². The van der Waals surface area contributed by atoms with Gasteiger partial charge in [0.15, 0.2) is 6.20 Å². The summed E-state index contributed by atoms with van der Waals surface area (Å²) in [5.74, 6) is 1.51. The van der Waals surface area contributed by atoms with E-state index in [1.165, 1.54) is 16.7 Å². The molecule has 0 bridgehead atoms. The topological polar surface area (TPSA) is 41.7 Å². The van der Waals surface area contributed by atoms with Crippen LogP contribution in [0.2, 0.25) is 0 Å². The number of aryl methyl sites for hydroxylation is 2. The zero-order valence-electron chi connectivity index (χ0n) is 24.6. The van der Waals surface area contributed by atoms with Crippen molar-refractivity contribution < 1.29 is 8.98 Å². The highest BCUT2D eigenvalue weighted by Gasteiger charge is 2.40. The standard InChI is InChI=1S/C37H38N3O/c1-8-31-29-15-10-9-14-28(29)30-17-18-32(38-7)35(37-24(5)27-13-11-12-16-34(27)41-37)33-20-26(19-22(2)3)23(4)21-40(33)25(6)36(30)39-31/h8-16,20-22,30,36H,1,6-7,17-19H2,2-5H3/q+1. The number of furan rings is 1. The molecule has 2 aliphatic rings. The first kappa shape index (κ1) is 26.9.